The fourth-order valence-electron chi connectivity index (χ4n) is 2.07. The molecule has 0 saturated carbocycles. The van der Waals surface area contributed by atoms with Crippen molar-refractivity contribution in [2.75, 3.05) is 0 Å². The summed E-state index contributed by atoms with van der Waals surface area (Å²) in [6, 6.07) is 6.10. The first kappa shape index (κ1) is 13.7. The number of para-hydroxylation sites is 1. The van der Waals surface area contributed by atoms with Crippen molar-refractivity contribution in [1.82, 2.24) is 30.3 Å². The van der Waals surface area contributed by atoms with E-state index in [1.165, 1.54) is 11.8 Å². The van der Waals surface area contributed by atoms with E-state index in [2.05, 4.69) is 25.7 Å². The number of benzene rings is 1. The van der Waals surface area contributed by atoms with Gasteiger partial charge in [0, 0.05) is 0 Å². The van der Waals surface area contributed by atoms with Gasteiger partial charge in [-0.15, -0.1) is 5.10 Å². The van der Waals surface area contributed by atoms with Crippen LogP contribution in [0.4, 0.5) is 0 Å². The fraction of sp³-hybridized carbons (Fsp3) is 0.308. The molecule has 0 saturated heterocycles. The van der Waals surface area contributed by atoms with E-state index in [9.17, 15) is 0 Å². The zero-order chi connectivity index (χ0) is 14.8. The van der Waals surface area contributed by atoms with Crippen LogP contribution in [0.15, 0.2) is 27.9 Å². The summed E-state index contributed by atoms with van der Waals surface area (Å²) in [6.07, 6.45) is 0. The minimum atomic E-state index is 0.534. The Hall–Kier alpha value is -2.22. The highest BCUT2D eigenvalue weighted by atomic mass is 32.2. The van der Waals surface area contributed by atoms with Gasteiger partial charge in [-0.05, 0) is 42.3 Å². The van der Waals surface area contributed by atoms with Crippen LogP contribution >= 0.6 is 11.8 Å². The number of tetrazole rings is 1. The fourth-order valence-corrected chi connectivity index (χ4v) is 2.79. The number of hydrogen-bond donors (Lipinski definition) is 0. The quantitative estimate of drug-likeness (QED) is 0.683. The zero-order valence-electron chi connectivity index (χ0n) is 11.9. The molecule has 0 radical (unpaired) electrons. The standard InChI is InChI=1S/C13H14N6OS/c1-8-5-4-6-9(2)12(8)19-13(15-17-18-19)21-7-11-14-10(3)16-20-11/h4-6H,7H2,1-3H3. The molecule has 3 aromatic rings. The topological polar surface area (TPSA) is 82.5 Å². The van der Waals surface area contributed by atoms with E-state index in [1.807, 2.05) is 32.0 Å². The van der Waals surface area contributed by atoms with Crippen LogP contribution in [0.25, 0.3) is 5.69 Å². The van der Waals surface area contributed by atoms with Gasteiger partial charge >= 0.3 is 0 Å². The van der Waals surface area contributed by atoms with E-state index in [0.29, 0.717) is 22.6 Å². The smallest absolute Gasteiger partial charge is 0.237 e. The first-order chi connectivity index (χ1) is 10.1. The van der Waals surface area contributed by atoms with Crippen LogP contribution in [-0.4, -0.2) is 30.3 Å². The molecule has 8 heteroatoms. The van der Waals surface area contributed by atoms with Crippen molar-refractivity contribution in [2.45, 2.75) is 31.7 Å². The van der Waals surface area contributed by atoms with Gasteiger partial charge in [-0.3, -0.25) is 0 Å². The third-order valence-electron chi connectivity index (χ3n) is 2.99. The molecule has 0 aliphatic rings. The molecule has 0 atom stereocenters. The first-order valence-electron chi connectivity index (χ1n) is 6.42. The second-order valence-corrected chi connectivity index (χ2v) is 5.58. The van der Waals surface area contributed by atoms with Gasteiger partial charge in [0.1, 0.15) is 0 Å². The molecule has 2 aromatic heterocycles. The molecule has 21 heavy (non-hydrogen) atoms. The van der Waals surface area contributed by atoms with Crippen LogP contribution in [0.2, 0.25) is 0 Å². The third-order valence-corrected chi connectivity index (χ3v) is 3.89. The number of aryl methyl sites for hydroxylation is 3. The Labute approximate surface area is 125 Å². The molecule has 1 aromatic carbocycles. The molecule has 0 spiro atoms. The lowest BCUT2D eigenvalue weighted by molar-refractivity contribution is 0.387. The number of hydrogen-bond acceptors (Lipinski definition) is 7. The lowest BCUT2D eigenvalue weighted by Crippen LogP contribution is -2.04. The third kappa shape index (κ3) is 2.80. The Balaban J connectivity index is 1.87. The van der Waals surface area contributed by atoms with Crippen LogP contribution in [0.3, 0.4) is 0 Å². The summed E-state index contributed by atoms with van der Waals surface area (Å²) >= 11 is 1.46. The van der Waals surface area contributed by atoms with Gasteiger partial charge in [0.15, 0.2) is 5.82 Å². The molecule has 0 amide bonds. The van der Waals surface area contributed by atoms with Crippen molar-refractivity contribution in [3.8, 4) is 5.69 Å². The minimum absolute atomic E-state index is 0.534. The largest absolute Gasteiger partial charge is 0.338 e. The molecule has 0 fully saturated rings. The predicted molar refractivity (Wildman–Crippen MR) is 77.2 cm³/mol. The van der Waals surface area contributed by atoms with Crippen LogP contribution < -0.4 is 0 Å². The van der Waals surface area contributed by atoms with Crippen LogP contribution in [-0.2, 0) is 5.75 Å². The average Bonchev–Trinajstić information content (AvgIpc) is 3.05. The van der Waals surface area contributed by atoms with E-state index in [1.54, 1.807) is 11.6 Å². The number of aromatic nitrogens is 6. The summed E-state index contributed by atoms with van der Waals surface area (Å²) in [4.78, 5) is 4.17. The molecule has 0 N–H and O–H groups in total. The summed E-state index contributed by atoms with van der Waals surface area (Å²) in [5, 5.41) is 16.4. The van der Waals surface area contributed by atoms with Crippen molar-refractivity contribution in [1.29, 1.82) is 0 Å². The molecule has 3 rings (SSSR count). The second kappa shape index (κ2) is 5.65. The highest BCUT2D eigenvalue weighted by molar-refractivity contribution is 7.98. The van der Waals surface area contributed by atoms with Gasteiger partial charge < -0.3 is 4.52 Å². The molecule has 0 unspecified atom stereocenters. The van der Waals surface area contributed by atoms with E-state index in [-0.39, 0.29) is 0 Å². The number of thioether (sulfide) groups is 1. The Bertz CT molecular complexity index is 745. The summed E-state index contributed by atoms with van der Waals surface area (Å²) in [5.74, 6) is 1.72. The monoisotopic (exact) mass is 302 g/mol. The highest BCUT2D eigenvalue weighted by Crippen LogP contribution is 2.25. The van der Waals surface area contributed by atoms with Gasteiger partial charge in [0.25, 0.3) is 0 Å². The normalized spacial score (nSPS) is 11.0. The van der Waals surface area contributed by atoms with E-state index >= 15 is 0 Å². The molecule has 108 valence electrons. The summed E-state index contributed by atoms with van der Waals surface area (Å²) in [7, 11) is 0. The van der Waals surface area contributed by atoms with Crippen molar-refractivity contribution in [2.24, 2.45) is 0 Å². The first-order valence-corrected chi connectivity index (χ1v) is 7.40. The maximum absolute atomic E-state index is 5.10. The molecular formula is C13H14N6OS. The lowest BCUT2D eigenvalue weighted by atomic mass is 10.1. The predicted octanol–water partition coefficient (Wildman–Crippen LogP) is 2.26. The summed E-state index contributed by atoms with van der Waals surface area (Å²) in [5.41, 5.74) is 3.25. The Morgan fingerprint density at radius 3 is 2.62 bits per heavy atom. The number of nitrogens with zero attached hydrogens (tertiary/aromatic N) is 6. The van der Waals surface area contributed by atoms with Crippen LogP contribution in [0, 0.1) is 20.8 Å². The van der Waals surface area contributed by atoms with Crippen molar-refractivity contribution < 1.29 is 4.52 Å². The van der Waals surface area contributed by atoms with Crippen LogP contribution in [0.5, 0.6) is 0 Å². The van der Waals surface area contributed by atoms with Crippen molar-refractivity contribution >= 4 is 11.8 Å². The Kier molecular flexibility index (Phi) is 3.70. The van der Waals surface area contributed by atoms with E-state index < -0.39 is 0 Å². The van der Waals surface area contributed by atoms with Gasteiger partial charge in [-0.1, -0.05) is 35.1 Å². The van der Waals surface area contributed by atoms with Gasteiger partial charge in [-0.25, -0.2) is 0 Å². The minimum Gasteiger partial charge on any atom is -0.338 e. The SMILES string of the molecule is Cc1noc(CSc2nnnn2-c2c(C)cccc2C)n1. The molecule has 2 heterocycles. The molecular weight excluding hydrogens is 288 g/mol. The maximum atomic E-state index is 5.10. The van der Waals surface area contributed by atoms with E-state index in [4.69, 9.17) is 4.52 Å². The van der Waals surface area contributed by atoms with Crippen molar-refractivity contribution in [3.63, 3.8) is 0 Å². The van der Waals surface area contributed by atoms with Crippen LogP contribution in [0.1, 0.15) is 22.8 Å². The molecule has 7 nitrogen and oxygen atoms in total. The highest BCUT2D eigenvalue weighted by Gasteiger charge is 2.14. The molecule has 0 aliphatic carbocycles. The van der Waals surface area contributed by atoms with Crippen molar-refractivity contribution in [3.05, 3.63) is 41.0 Å². The number of rotatable bonds is 4. The Morgan fingerprint density at radius 1 is 1.19 bits per heavy atom. The second-order valence-electron chi connectivity index (χ2n) is 4.64. The Morgan fingerprint density at radius 2 is 1.95 bits per heavy atom. The average molecular weight is 302 g/mol. The summed E-state index contributed by atoms with van der Waals surface area (Å²) in [6.45, 7) is 5.87. The van der Waals surface area contributed by atoms with Gasteiger partial charge in [-0.2, -0.15) is 9.67 Å². The van der Waals surface area contributed by atoms with E-state index in [0.717, 1.165) is 16.8 Å². The van der Waals surface area contributed by atoms with Gasteiger partial charge in [0.05, 0.1) is 11.4 Å². The molecule has 0 bridgehead atoms. The molecule has 0 aliphatic heterocycles. The summed E-state index contributed by atoms with van der Waals surface area (Å²) < 4.78 is 6.84. The van der Waals surface area contributed by atoms with Gasteiger partial charge in [0.2, 0.25) is 11.0 Å². The lowest BCUT2D eigenvalue weighted by Gasteiger charge is -2.09. The zero-order valence-corrected chi connectivity index (χ0v) is 12.8. The maximum Gasteiger partial charge on any atom is 0.237 e.